The van der Waals surface area contributed by atoms with E-state index in [1.165, 1.54) is 12.1 Å². The van der Waals surface area contributed by atoms with E-state index in [-0.39, 0.29) is 11.1 Å². The van der Waals surface area contributed by atoms with Crippen LogP contribution in [0.5, 0.6) is 0 Å². The summed E-state index contributed by atoms with van der Waals surface area (Å²) in [4.78, 5) is 15.5. The molecule has 0 aliphatic carbocycles. The van der Waals surface area contributed by atoms with Gasteiger partial charge >= 0.3 is 0 Å². The van der Waals surface area contributed by atoms with Crippen molar-refractivity contribution in [3.8, 4) is 22.5 Å². The monoisotopic (exact) mass is 424 g/mol. The van der Waals surface area contributed by atoms with Gasteiger partial charge in [0.1, 0.15) is 0 Å². The summed E-state index contributed by atoms with van der Waals surface area (Å²) < 4.78 is 54.5. The molecule has 0 N–H and O–H groups in total. The SMILES string of the molecule is CC(C)(c1cccc(-c2ccc(F)nc2F)n1)c1cccc(-c2ccc(F)nc2F)n1. The van der Waals surface area contributed by atoms with Crippen LogP contribution in [0.4, 0.5) is 17.6 Å². The number of hydrogen-bond acceptors (Lipinski definition) is 4. The molecule has 0 amide bonds. The quantitative estimate of drug-likeness (QED) is 0.321. The van der Waals surface area contributed by atoms with Crippen LogP contribution in [0.3, 0.4) is 0 Å². The first kappa shape index (κ1) is 20.6. The minimum atomic E-state index is -0.957. The molecule has 4 aromatic rings. The molecular weight excluding hydrogens is 408 g/mol. The number of halogens is 4. The van der Waals surface area contributed by atoms with Gasteiger partial charge in [-0.2, -0.15) is 27.5 Å². The normalized spacial score (nSPS) is 11.5. The second kappa shape index (κ2) is 7.86. The van der Waals surface area contributed by atoms with Crippen molar-refractivity contribution in [2.75, 3.05) is 0 Å². The van der Waals surface area contributed by atoms with Gasteiger partial charge < -0.3 is 0 Å². The first-order valence-corrected chi connectivity index (χ1v) is 9.35. The van der Waals surface area contributed by atoms with Crippen LogP contribution in [0.2, 0.25) is 0 Å². The molecule has 0 fully saturated rings. The van der Waals surface area contributed by atoms with Crippen molar-refractivity contribution >= 4 is 0 Å². The van der Waals surface area contributed by atoms with Crippen LogP contribution in [0, 0.1) is 23.8 Å². The Balaban J connectivity index is 1.75. The van der Waals surface area contributed by atoms with Gasteiger partial charge in [-0.3, -0.25) is 9.97 Å². The van der Waals surface area contributed by atoms with Gasteiger partial charge in [-0.15, -0.1) is 0 Å². The van der Waals surface area contributed by atoms with Crippen LogP contribution in [-0.2, 0) is 5.41 Å². The molecule has 0 radical (unpaired) electrons. The number of hydrogen-bond donors (Lipinski definition) is 0. The average Bonchev–Trinajstić information content (AvgIpc) is 2.74. The van der Waals surface area contributed by atoms with Crippen LogP contribution < -0.4 is 0 Å². The zero-order valence-electron chi connectivity index (χ0n) is 16.6. The molecule has 0 aliphatic rings. The molecule has 8 heteroatoms. The third-order valence-corrected chi connectivity index (χ3v) is 4.96. The zero-order chi connectivity index (χ0) is 22.2. The highest BCUT2D eigenvalue weighted by molar-refractivity contribution is 5.60. The molecule has 0 spiro atoms. The van der Waals surface area contributed by atoms with Gasteiger partial charge in [0, 0.05) is 5.41 Å². The number of rotatable bonds is 4. The maximum absolute atomic E-state index is 14.1. The Hall–Kier alpha value is -3.68. The Bertz CT molecular complexity index is 1180. The molecule has 0 unspecified atom stereocenters. The number of aromatic nitrogens is 4. The van der Waals surface area contributed by atoms with Crippen molar-refractivity contribution < 1.29 is 17.6 Å². The molecule has 0 bridgehead atoms. The Morgan fingerprint density at radius 3 is 1.35 bits per heavy atom. The first-order valence-electron chi connectivity index (χ1n) is 9.35. The van der Waals surface area contributed by atoms with E-state index in [4.69, 9.17) is 0 Å². The highest BCUT2D eigenvalue weighted by Crippen LogP contribution is 2.32. The first-order chi connectivity index (χ1) is 14.8. The maximum atomic E-state index is 14.1. The fourth-order valence-corrected chi connectivity index (χ4v) is 3.20. The van der Waals surface area contributed by atoms with Crippen LogP contribution in [0.25, 0.3) is 22.5 Å². The molecule has 4 nitrogen and oxygen atoms in total. The molecule has 4 heterocycles. The molecule has 4 aromatic heterocycles. The van der Waals surface area contributed by atoms with Gasteiger partial charge in [0.2, 0.25) is 23.8 Å². The van der Waals surface area contributed by atoms with Gasteiger partial charge in [0.25, 0.3) is 0 Å². The molecule has 0 atom stereocenters. The lowest BCUT2D eigenvalue weighted by Crippen LogP contribution is -2.22. The lowest BCUT2D eigenvalue weighted by Gasteiger charge is -2.24. The van der Waals surface area contributed by atoms with Crippen LogP contribution in [-0.4, -0.2) is 19.9 Å². The molecule has 0 aliphatic heterocycles. The fraction of sp³-hybridized carbons (Fsp3) is 0.130. The Kier molecular flexibility index (Phi) is 5.22. The molecule has 156 valence electrons. The third kappa shape index (κ3) is 4.01. The van der Waals surface area contributed by atoms with E-state index in [1.807, 2.05) is 13.8 Å². The summed E-state index contributed by atoms with van der Waals surface area (Å²) in [5.41, 5.74) is 1.11. The summed E-state index contributed by atoms with van der Waals surface area (Å²) >= 11 is 0. The van der Waals surface area contributed by atoms with Crippen molar-refractivity contribution in [1.29, 1.82) is 0 Å². The van der Waals surface area contributed by atoms with Crippen molar-refractivity contribution in [2.24, 2.45) is 0 Å². The Morgan fingerprint density at radius 2 is 0.968 bits per heavy atom. The van der Waals surface area contributed by atoms with Crippen molar-refractivity contribution in [3.05, 3.63) is 95.8 Å². The summed E-state index contributed by atoms with van der Waals surface area (Å²) in [7, 11) is 0. The average molecular weight is 424 g/mol. The molecule has 0 saturated carbocycles. The predicted octanol–water partition coefficient (Wildman–Crippen LogP) is 5.48. The smallest absolute Gasteiger partial charge is 0.224 e. The summed E-state index contributed by atoms with van der Waals surface area (Å²) in [5.74, 6) is -3.74. The summed E-state index contributed by atoms with van der Waals surface area (Å²) in [5, 5.41) is 0. The lowest BCUT2D eigenvalue weighted by molar-refractivity contribution is 0.514. The van der Waals surface area contributed by atoms with Gasteiger partial charge in [-0.05, 0) is 62.4 Å². The van der Waals surface area contributed by atoms with Gasteiger partial charge in [-0.1, -0.05) is 12.1 Å². The van der Waals surface area contributed by atoms with E-state index in [1.54, 1.807) is 36.4 Å². The number of nitrogens with zero attached hydrogens (tertiary/aromatic N) is 4. The molecular formula is C23H16F4N4. The fourth-order valence-electron chi connectivity index (χ4n) is 3.20. The summed E-state index contributed by atoms with van der Waals surface area (Å²) in [6, 6.07) is 14.8. The van der Waals surface area contributed by atoms with E-state index < -0.39 is 29.2 Å². The summed E-state index contributed by atoms with van der Waals surface area (Å²) in [6.07, 6.45) is 0. The largest absolute Gasteiger partial charge is 0.252 e. The third-order valence-electron chi connectivity index (χ3n) is 4.96. The second-order valence-corrected chi connectivity index (χ2v) is 7.39. The standard InChI is InChI=1S/C23H16F4N4/c1-23(2,17-7-3-5-15(28-17)13-9-11-19(24)30-21(13)26)18-8-4-6-16(29-18)14-10-12-20(25)31-22(14)27/h3-12H,1-2H3. The van der Waals surface area contributed by atoms with Crippen LogP contribution >= 0.6 is 0 Å². The minimum Gasteiger partial charge on any atom is -0.252 e. The van der Waals surface area contributed by atoms with Crippen LogP contribution in [0.1, 0.15) is 25.2 Å². The molecule has 31 heavy (non-hydrogen) atoms. The van der Waals surface area contributed by atoms with Crippen molar-refractivity contribution in [1.82, 2.24) is 19.9 Å². The summed E-state index contributed by atoms with van der Waals surface area (Å²) in [6.45, 7) is 3.73. The van der Waals surface area contributed by atoms with Gasteiger partial charge in [-0.25, -0.2) is 0 Å². The van der Waals surface area contributed by atoms with Crippen LogP contribution in [0.15, 0.2) is 60.7 Å². The molecule has 4 rings (SSSR count). The molecule has 0 saturated heterocycles. The predicted molar refractivity (Wildman–Crippen MR) is 107 cm³/mol. The van der Waals surface area contributed by atoms with E-state index in [9.17, 15) is 17.6 Å². The maximum Gasteiger partial charge on any atom is 0.224 e. The second-order valence-electron chi connectivity index (χ2n) is 7.39. The number of pyridine rings is 4. The van der Waals surface area contributed by atoms with E-state index in [0.717, 1.165) is 12.1 Å². The van der Waals surface area contributed by atoms with Crippen molar-refractivity contribution in [2.45, 2.75) is 19.3 Å². The Labute approximate surface area is 175 Å². The van der Waals surface area contributed by atoms with Gasteiger partial charge in [0.15, 0.2) is 0 Å². The minimum absolute atomic E-state index is 0.0696. The topological polar surface area (TPSA) is 51.6 Å². The molecule has 0 aromatic carbocycles. The highest BCUT2D eigenvalue weighted by atomic mass is 19.1. The lowest BCUT2D eigenvalue weighted by atomic mass is 9.84. The van der Waals surface area contributed by atoms with Crippen molar-refractivity contribution in [3.63, 3.8) is 0 Å². The van der Waals surface area contributed by atoms with E-state index >= 15 is 0 Å². The van der Waals surface area contributed by atoms with E-state index in [0.29, 0.717) is 22.8 Å². The zero-order valence-corrected chi connectivity index (χ0v) is 16.6. The Morgan fingerprint density at radius 1 is 0.548 bits per heavy atom. The van der Waals surface area contributed by atoms with Gasteiger partial charge in [0.05, 0.1) is 33.9 Å². The van der Waals surface area contributed by atoms with E-state index in [2.05, 4.69) is 19.9 Å². The highest BCUT2D eigenvalue weighted by Gasteiger charge is 2.27.